The van der Waals surface area contributed by atoms with Crippen LogP contribution < -0.4 is 0 Å². The summed E-state index contributed by atoms with van der Waals surface area (Å²) >= 11 is 0. The fraction of sp³-hybridized carbons (Fsp3) is 0.400. The lowest BCUT2D eigenvalue weighted by Gasteiger charge is -2.35. The van der Waals surface area contributed by atoms with Gasteiger partial charge in [-0.15, -0.1) is 0 Å². The third-order valence-corrected chi connectivity index (χ3v) is 4.99. The summed E-state index contributed by atoms with van der Waals surface area (Å²) in [7, 11) is 0. The standard InChI is InChI=1S/C20H16F6O4/c1-2-29-17(28)5-11-10-30-18(4-3-15(27)9-16(11)18)12-6-13(19(21,22)23)8-14(7-12)20(24,25)26/h3-8,16H,2,9-10H2,1H3/b11-5-/t16?,18-/m0/s1. The van der Waals surface area contributed by atoms with Gasteiger partial charge in [-0.3, -0.25) is 4.79 Å². The minimum Gasteiger partial charge on any atom is -0.463 e. The number of fused-ring (bicyclic) bond motifs is 1. The highest BCUT2D eigenvalue weighted by atomic mass is 19.4. The number of benzene rings is 1. The number of carbonyl (C=O) groups is 2. The van der Waals surface area contributed by atoms with Gasteiger partial charge in [-0.2, -0.15) is 26.3 Å². The van der Waals surface area contributed by atoms with Crippen molar-refractivity contribution in [3.05, 3.63) is 58.7 Å². The van der Waals surface area contributed by atoms with Crippen molar-refractivity contribution in [1.29, 1.82) is 0 Å². The molecule has 10 heteroatoms. The maximum Gasteiger partial charge on any atom is 0.416 e. The number of halogens is 6. The van der Waals surface area contributed by atoms with Crippen LogP contribution in [0.5, 0.6) is 0 Å². The number of hydrogen-bond donors (Lipinski definition) is 0. The summed E-state index contributed by atoms with van der Waals surface area (Å²) < 4.78 is 90.2. The normalized spacial score (nSPS) is 25.5. The summed E-state index contributed by atoms with van der Waals surface area (Å²) in [4.78, 5) is 23.8. The molecule has 1 aliphatic carbocycles. The molecule has 162 valence electrons. The molecule has 0 spiro atoms. The molecule has 1 unspecified atom stereocenters. The van der Waals surface area contributed by atoms with Crippen LogP contribution >= 0.6 is 0 Å². The summed E-state index contributed by atoms with van der Waals surface area (Å²) in [6, 6.07) is 1.18. The van der Waals surface area contributed by atoms with E-state index in [2.05, 4.69) is 0 Å². The molecule has 1 aromatic rings. The fourth-order valence-electron chi connectivity index (χ4n) is 3.65. The molecule has 4 nitrogen and oxygen atoms in total. The second-order valence-electron chi connectivity index (χ2n) is 6.90. The molecule has 2 aliphatic rings. The third-order valence-electron chi connectivity index (χ3n) is 4.99. The van der Waals surface area contributed by atoms with Crippen LogP contribution in [0.25, 0.3) is 0 Å². The Morgan fingerprint density at radius 1 is 1.17 bits per heavy atom. The molecule has 1 aliphatic heterocycles. The number of rotatable bonds is 3. The van der Waals surface area contributed by atoms with Crippen molar-refractivity contribution in [2.75, 3.05) is 13.2 Å². The van der Waals surface area contributed by atoms with E-state index >= 15 is 0 Å². The molecule has 0 bridgehead atoms. The van der Waals surface area contributed by atoms with Gasteiger partial charge in [-0.1, -0.05) is 0 Å². The van der Waals surface area contributed by atoms with Gasteiger partial charge in [-0.25, -0.2) is 4.79 Å². The lowest BCUT2D eigenvalue weighted by atomic mass is 9.72. The zero-order valence-electron chi connectivity index (χ0n) is 15.6. The van der Waals surface area contributed by atoms with Crippen molar-refractivity contribution >= 4 is 11.8 Å². The van der Waals surface area contributed by atoms with Gasteiger partial charge in [0.25, 0.3) is 0 Å². The summed E-state index contributed by atoms with van der Waals surface area (Å²) in [5.74, 6) is -2.07. The second kappa shape index (κ2) is 7.57. The largest absolute Gasteiger partial charge is 0.463 e. The Balaban J connectivity index is 2.18. The average Bonchev–Trinajstić information content (AvgIpc) is 2.99. The van der Waals surface area contributed by atoms with E-state index in [0.29, 0.717) is 12.1 Å². The predicted octanol–water partition coefficient (Wildman–Crippen LogP) is 4.58. The Labute approximate surface area is 167 Å². The molecular formula is C20H16F6O4. The lowest BCUT2D eigenvalue weighted by Crippen LogP contribution is -2.36. The number of carbonyl (C=O) groups excluding carboxylic acids is 2. The minimum atomic E-state index is -5.03. The van der Waals surface area contributed by atoms with Gasteiger partial charge in [0.2, 0.25) is 0 Å². The summed E-state index contributed by atoms with van der Waals surface area (Å²) in [6.45, 7) is 1.39. The topological polar surface area (TPSA) is 52.6 Å². The van der Waals surface area contributed by atoms with E-state index in [-0.39, 0.29) is 37.1 Å². The smallest absolute Gasteiger partial charge is 0.416 e. The molecule has 0 aromatic heterocycles. The van der Waals surface area contributed by atoms with E-state index in [1.165, 1.54) is 0 Å². The Hall–Kier alpha value is -2.62. The molecular weight excluding hydrogens is 418 g/mol. The number of allylic oxidation sites excluding steroid dienone is 1. The van der Waals surface area contributed by atoms with Gasteiger partial charge in [0.05, 0.1) is 24.3 Å². The SMILES string of the molecule is CCOC(=O)/C=C1/CO[C@]2(c3cc(C(F)(F)F)cc(C(F)(F)F)c3)C=CC(=O)CC12. The van der Waals surface area contributed by atoms with Crippen molar-refractivity contribution < 1.29 is 45.4 Å². The van der Waals surface area contributed by atoms with Crippen LogP contribution in [0.15, 0.2) is 42.0 Å². The van der Waals surface area contributed by atoms with Crippen molar-refractivity contribution in [3.63, 3.8) is 0 Å². The summed E-state index contributed by atoms with van der Waals surface area (Å²) in [6.07, 6.45) is -7.00. The zero-order chi connectivity index (χ0) is 22.3. The van der Waals surface area contributed by atoms with E-state index in [0.717, 1.165) is 18.2 Å². The first-order valence-electron chi connectivity index (χ1n) is 8.90. The first kappa shape index (κ1) is 22.1. The van der Waals surface area contributed by atoms with Gasteiger partial charge >= 0.3 is 18.3 Å². The monoisotopic (exact) mass is 434 g/mol. The fourth-order valence-corrected chi connectivity index (χ4v) is 3.65. The lowest BCUT2D eigenvalue weighted by molar-refractivity contribution is -0.143. The summed E-state index contributed by atoms with van der Waals surface area (Å²) in [5, 5.41) is 0. The van der Waals surface area contributed by atoms with Gasteiger partial charge in [0, 0.05) is 18.4 Å². The van der Waals surface area contributed by atoms with Crippen LogP contribution in [0.4, 0.5) is 26.3 Å². The van der Waals surface area contributed by atoms with Gasteiger partial charge < -0.3 is 9.47 Å². The first-order valence-corrected chi connectivity index (χ1v) is 8.90. The Morgan fingerprint density at radius 2 is 1.77 bits per heavy atom. The number of ether oxygens (including phenoxy) is 2. The molecule has 0 amide bonds. The molecule has 0 radical (unpaired) electrons. The molecule has 1 heterocycles. The quantitative estimate of drug-likeness (QED) is 0.397. The number of esters is 1. The van der Waals surface area contributed by atoms with E-state index in [1.54, 1.807) is 6.92 Å². The third kappa shape index (κ3) is 4.14. The highest BCUT2D eigenvalue weighted by Crippen LogP contribution is 2.50. The van der Waals surface area contributed by atoms with E-state index in [4.69, 9.17) is 9.47 Å². The molecule has 2 atom stereocenters. The number of hydrogen-bond acceptors (Lipinski definition) is 4. The van der Waals surface area contributed by atoms with Crippen molar-refractivity contribution in [3.8, 4) is 0 Å². The Bertz CT molecular complexity index is 896. The van der Waals surface area contributed by atoms with E-state index in [9.17, 15) is 35.9 Å². The van der Waals surface area contributed by atoms with Crippen LogP contribution in [-0.2, 0) is 37.0 Å². The van der Waals surface area contributed by atoms with Crippen LogP contribution in [0.1, 0.15) is 30.0 Å². The maximum absolute atomic E-state index is 13.3. The first-order chi connectivity index (χ1) is 13.9. The Morgan fingerprint density at radius 3 is 2.30 bits per heavy atom. The molecule has 3 rings (SSSR count). The second-order valence-corrected chi connectivity index (χ2v) is 6.90. The molecule has 1 aromatic carbocycles. The average molecular weight is 434 g/mol. The number of ketones is 1. The zero-order valence-corrected chi connectivity index (χ0v) is 15.6. The molecule has 0 N–H and O–H groups in total. The van der Waals surface area contributed by atoms with E-state index < -0.39 is 46.5 Å². The minimum absolute atomic E-state index is 0.0250. The van der Waals surface area contributed by atoms with Gasteiger partial charge in [0.1, 0.15) is 5.60 Å². The Kier molecular flexibility index (Phi) is 5.57. The van der Waals surface area contributed by atoms with Gasteiger partial charge in [0.15, 0.2) is 5.78 Å². The molecule has 1 fully saturated rings. The molecule has 1 saturated heterocycles. The highest BCUT2D eigenvalue weighted by molar-refractivity contribution is 5.92. The molecule has 30 heavy (non-hydrogen) atoms. The summed E-state index contributed by atoms with van der Waals surface area (Å²) in [5.41, 5.74) is -4.86. The van der Waals surface area contributed by atoms with Crippen molar-refractivity contribution in [2.24, 2.45) is 5.92 Å². The van der Waals surface area contributed by atoms with Crippen molar-refractivity contribution in [2.45, 2.75) is 31.3 Å². The number of alkyl halides is 6. The van der Waals surface area contributed by atoms with Crippen LogP contribution in [0, 0.1) is 5.92 Å². The van der Waals surface area contributed by atoms with Crippen LogP contribution in [-0.4, -0.2) is 25.0 Å². The van der Waals surface area contributed by atoms with Crippen molar-refractivity contribution in [1.82, 2.24) is 0 Å². The van der Waals surface area contributed by atoms with E-state index in [1.807, 2.05) is 0 Å². The van der Waals surface area contributed by atoms with Crippen LogP contribution in [0.2, 0.25) is 0 Å². The maximum atomic E-state index is 13.3. The van der Waals surface area contributed by atoms with Gasteiger partial charge in [-0.05, 0) is 48.4 Å². The predicted molar refractivity (Wildman–Crippen MR) is 91.0 cm³/mol. The highest BCUT2D eigenvalue weighted by Gasteiger charge is 2.51. The van der Waals surface area contributed by atoms with Crippen LogP contribution in [0.3, 0.4) is 0 Å². The molecule has 0 saturated carbocycles.